The van der Waals surface area contributed by atoms with Crippen molar-refractivity contribution < 1.29 is 4.74 Å². The van der Waals surface area contributed by atoms with E-state index in [1.807, 2.05) is 52.1 Å². The number of fused-ring (bicyclic) bond motifs is 3. The molecule has 2 aromatic heterocycles. The van der Waals surface area contributed by atoms with Gasteiger partial charge in [0.2, 0.25) is 0 Å². The smallest absolute Gasteiger partial charge is 0.144 e. The summed E-state index contributed by atoms with van der Waals surface area (Å²) in [6.07, 6.45) is 12.0. The van der Waals surface area contributed by atoms with Gasteiger partial charge in [0.15, 0.2) is 0 Å². The Morgan fingerprint density at radius 3 is 2.66 bits per heavy atom. The van der Waals surface area contributed by atoms with Crippen molar-refractivity contribution in [2.45, 2.75) is 18.6 Å². The molecule has 0 N–H and O–H groups in total. The molecule has 0 saturated heterocycles. The molecule has 2 atom stereocenters. The van der Waals surface area contributed by atoms with Crippen LogP contribution >= 0.6 is 0 Å². The number of hydrogen-bond acceptors (Lipinski definition) is 4. The predicted molar refractivity (Wildman–Crippen MR) is 138 cm³/mol. The molecule has 0 spiro atoms. The number of nitrogens with zero attached hydrogens (tertiary/aromatic N) is 5. The topological polar surface area (TPSA) is 48.1 Å². The molecule has 3 aromatic carbocycles. The number of aromatic nitrogens is 4. The number of anilines is 2. The third-order valence-corrected chi connectivity index (χ3v) is 6.88. The number of benzene rings is 3. The third kappa shape index (κ3) is 3.03. The molecule has 0 amide bonds. The van der Waals surface area contributed by atoms with Crippen molar-refractivity contribution in [3.05, 3.63) is 116 Å². The van der Waals surface area contributed by atoms with Crippen molar-refractivity contribution in [2.75, 3.05) is 4.90 Å². The SMILES string of the molecule is CC12C=C(n3cccn3)C=CC1Oc1ccccc1N2c1cccc(-n2ncc3ccccc32)c1. The molecule has 0 fully saturated rings. The van der Waals surface area contributed by atoms with Gasteiger partial charge >= 0.3 is 0 Å². The zero-order valence-electron chi connectivity index (χ0n) is 19.2. The van der Waals surface area contributed by atoms with Crippen LogP contribution in [0.5, 0.6) is 5.75 Å². The third-order valence-electron chi connectivity index (χ3n) is 6.88. The van der Waals surface area contributed by atoms with Gasteiger partial charge < -0.3 is 9.64 Å². The van der Waals surface area contributed by atoms with Crippen LogP contribution in [0.4, 0.5) is 11.4 Å². The van der Waals surface area contributed by atoms with Gasteiger partial charge in [-0.15, -0.1) is 0 Å². The highest BCUT2D eigenvalue weighted by Gasteiger charge is 2.46. The summed E-state index contributed by atoms with van der Waals surface area (Å²) in [5.74, 6) is 0.866. The highest BCUT2D eigenvalue weighted by molar-refractivity contribution is 5.82. The number of rotatable bonds is 3. The Balaban J connectivity index is 1.41. The Morgan fingerprint density at radius 1 is 0.886 bits per heavy atom. The van der Waals surface area contributed by atoms with Crippen molar-refractivity contribution in [2.24, 2.45) is 0 Å². The number of allylic oxidation sites excluding steroid dienone is 2. The number of hydrogen-bond donors (Lipinski definition) is 0. The van der Waals surface area contributed by atoms with Crippen LogP contribution in [0.3, 0.4) is 0 Å². The molecule has 2 unspecified atom stereocenters. The highest BCUT2D eigenvalue weighted by Crippen LogP contribution is 2.48. The lowest BCUT2D eigenvalue weighted by atomic mass is 9.84. The first-order chi connectivity index (χ1) is 17.2. The lowest BCUT2D eigenvalue weighted by Crippen LogP contribution is -2.56. The van der Waals surface area contributed by atoms with Gasteiger partial charge in [-0.05, 0) is 67.6 Å². The lowest BCUT2D eigenvalue weighted by Gasteiger charge is -2.50. The van der Waals surface area contributed by atoms with Crippen molar-refractivity contribution in [3.63, 3.8) is 0 Å². The summed E-state index contributed by atoms with van der Waals surface area (Å²) in [5.41, 5.74) is 4.72. The zero-order chi connectivity index (χ0) is 23.4. The van der Waals surface area contributed by atoms with Crippen LogP contribution in [0.2, 0.25) is 0 Å². The molecule has 35 heavy (non-hydrogen) atoms. The first-order valence-corrected chi connectivity index (χ1v) is 11.7. The van der Waals surface area contributed by atoms with E-state index in [1.165, 1.54) is 0 Å². The van der Waals surface area contributed by atoms with E-state index in [9.17, 15) is 0 Å². The van der Waals surface area contributed by atoms with Crippen LogP contribution in [0, 0.1) is 0 Å². The van der Waals surface area contributed by atoms with Gasteiger partial charge in [-0.3, -0.25) is 0 Å². The Bertz CT molecular complexity index is 1610. The molecule has 1 aliphatic carbocycles. The molecule has 0 saturated carbocycles. The van der Waals surface area contributed by atoms with Crippen LogP contribution in [-0.2, 0) is 0 Å². The molecule has 2 aliphatic rings. The zero-order valence-corrected chi connectivity index (χ0v) is 19.2. The summed E-state index contributed by atoms with van der Waals surface area (Å²) >= 11 is 0. The second-order valence-corrected chi connectivity index (χ2v) is 9.08. The number of para-hydroxylation sites is 3. The van der Waals surface area contributed by atoms with Crippen LogP contribution < -0.4 is 9.64 Å². The Labute approximate surface area is 203 Å². The summed E-state index contributed by atoms with van der Waals surface area (Å²) in [5, 5.41) is 10.2. The van der Waals surface area contributed by atoms with Crippen molar-refractivity contribution >= 4 is 28.0 Å². The molecule has 170 valence electrons. The van der Waals surface area contributed by atoms with Crippen LogP contribution in [0.1, 0.15) is 6.92 Å². The van der Waals surface area contributed by atoms with Gasteiger partial charge in [0.25, 0.3) is 0 Å². The van der Waals surface area contributed by atoms with Gasteiger partial charge in [-0.1, -0.05) is 36.4 Å². The average molecular weight is 458 g/mol. The molecule has 6 heteroatoms. The molecular formula is C29H23N5O. The molecule has 7 rings (SSSR count). The van der Waals surface area contributed by atoms with Crippen LogP contribution in [0.25, 0.3) is 22.3 Å². The summed E-state index contributed by atoms with van der Waals surface area (Å²) in [7, 11) is 0. The predicted octanol–water partition coefficient (Wildman–Crippen LogP) is 5.99. The summed E-state index contributed by atoms with van der Waals surface area (Å²) in [6, 6.07) is 27.0. The van der Waals surface area contributed by atoms with E-state index in [2.05, 4.69) is 88.8 Å². The summed E-state index contributed by atoms with van der Waals surface area (Å²) in [4.78, 5) is 2.37. The first-order valence-electron chi connectivity index (χ1n) is 11.7. The highest BCUT2D eigenvalue weighted by atomic mass is 16.5. The Hall–Kier alpha value is -4.58. The second-order valence-electron chi connectivity index (χ2n) is 9.08. The van der Waals surface area contributed by atoms with Gasteiger partial charge in [0, 0.05) is 23.5 Å². The van der Waals surface area contributed by atoms with Crippen molar-refractivity contribution in [1.82, 2.24) is 19.6 Å². The Kier molecular flexibility index (Phi) is 4.23. The molecule has 5 aromatic rings. The molecule has 6 nitrogen and oxygen atoms in total. The van der Waals surface area contributed by atoms with Gasteiger partial charge in [0.05, 0.1) is 28.8 Å². The monoisotopic (exact) mass is 457 g/mol. The van der Waals surface area contributed by atoms with Gasteiger partial charge in [0.1, 0.15) is 17.4 Å². The van der Waals surface area contributed by atoms with E-state index in [0.717, 1.165) is 39.4 Å². The molecular weight excluding hydrogens is 434 g/mol. The standard InChI is InChI=1S/C29H23N5O/c1-29-19-24(32-17-7-16-30-32)14-15-28(29)35-27-13-5-4-12-26(27)33(29)22-9-6-10-23(18-22)34-25-11-3-2-8-21(25)20-31-34/h2-20,28H,1H3. The fourth-order valence-electron chi connectivity index (χ4n) is 5.22. The summed E-state index contributed by atoms with van der Waals surface area (Å²) in [6.45, 7) is 2.22. The second kappa shape index (κ2) is 7.46. The minimum absolute atomic E-state index is 0.161. The Morgan fingerprint density at radius 2 is 1.74 bits per heavy atom. The van der Waals surface area contributed by atoms with E-state index in [0.29, 0.717) is 0 Å². The van der Waals surface area contributed by atoms with Gasteiger partial charge in [-0.25, -0.2) is 9.36 Å². The quantitative estimate of drug-likeness (QED) is 0.334. The first kappa shape index (κ1) is 19.9. The molecule has 1 aliphatic heterocycles. The molecule has 0 bridgehead atoms. The van der Waals surface area contributed by atoms with E-state index in [1.54, 1.807) is 6.20 Å². The van der Waals surface area contributed by atoms with Crippen molar-refractivity contribution in [1.29, 1.82) is 0 Å². The minimum Gasteiger partial charge on any atom is -0.481 e. The maximum absolute atomic E-state index is 6.50. The fraction of sp³-hybridized carbons (Fsp3) is 0.103. The normalized spacial score (nSPS) is 20.8. The van der Waals surface area contributed by atoms with Crippen molar-refractivity contribution in [3.8, 4) is 11.4 Å². The maximum Gasteiger partial charge on any atom is 0.144 e. The van der Waals surface area contributed by atoms with E-state index < -0.39 is 5.54 Å². The van der Waals surface area contributed by atoms with Gasteiger partial charge in [-0.2, -0.15) is 10.2 Å². The molecule has 3 heterocycles. The van der Waals surface area contributed by atoms with E-state index >= 15 is 0 Å². The summed E-state index contributed by atoms with van der Waals surface area (Å²) < 4.78 is 10.4. The van der Waals surface area contributed by atoms with Crippen LogP contribution in [-0.4, -0.2) is 31.2 Å². The fourth-order valence-corrected chi connectivity index (χ4v) is 5.22. The lowest BCUT2D eigenvalue weighted by molar-refractivity contribution is 0.170. The maximum atomic E-state index is 6.50. The van der Waals surface area contributed by atoms with E-state index in [4.69, 9.17) is 4.74 Å². The number of ether oxygens (including phenoxy) is 1. The average Bonchev–Trinajstić information content (AvgIpc) is 3.57. The minimum atomic E-state index is -0.477. The van der Waals surface area contributed by atoms with E-state index in [-0.39, 0.29) is 6.10 Å². The molecule has 0 radical (unpaired) electrons. The van der Waals surface area contributed by atoms with Crippen LogP contribution in [0.15, 0.2) is 116 Å². The largest absolute Gasteiger partial charge is 0.481 e.